The number of ether oxygens (including phenoxy) is 6. The van der Waals surface area contributed by atoms with Gasteiger partial charge in [0.1, 0.15) is 62.2 Å². The second kappa shape index (κ2) is 17.2. The third kappa shape index (κ3) is 7.44. The Balaban J connectivity index is 1.69. The van der Waals surface area contributed by atoms with Crippen LogP contribution in [0.5, 0.6) is 46.0 Å². The number of hydrogen-bond donors (Lipinski definition) is 3. The molecule has 2 atom stereocenters. The van der Waals surface area contributed by atoms with E-state index < -0.39 is 34.2 Å². The molecule has 0 amide bonds. The summed E-state index contributed by atoms with van der Waals surface area (Å²) in [6.45, 7) is 14.7. The number of benzene rings is 4. The average Bonchev–Trinajstić information content (AvgIpc) is 3.63. The number of allylic oxidation sites excluding steroid dienone is 6. The Bertz CT molecular complexity index is 3090. The van der Waals surface area contributed by atoms with E-state index in [0.717, 1.165) is 16.7 Å². The maximum Gasteiger partial charge on any atom is 0.204 e. The van der Waals surface area contributed by atoms with E-state index in [-0.39, 0.29) is 90.7 Å². The number of aliphatic hydroxyl groups is 1. The Morgan fingerprint density at radius 1 is 0.594 bits per heavy atom. The van der Waals surface area contributed by atoms with Crippen molar-refractivity contribution in [2.45, 2.75) is 92.3 Å². The Kier molecular flexibility index (Phi) is 12.2. The molecule has 0 saturated carbocycles. The van der Waals surface area contributed by atoms with Crippen LogP contribution in [0.1, 0.15) is 89.1 Å². The first-order valence-corrected chi connectivity index (χ1v) is 21.0. The van der Waals surface area contributed by atoms with Crippen LogP contribution in [0.25, 0.3) is 43.9 Å². The van der Waals surface area contributed by atoms with E-state index in [9.17, 15) is 15.3 Å². The van der Waals surface area contributed by atoms with Gasteiger partial charge in [0.15, 0.2) is 23.0 Å². The van der Waals surface area contributed by atoms with Gasteiger partial charge in [-0.1, -0.05) is 34.9 Å². The SMILES string of the molecule is COc1cc2oc3cc4c(c(O)c3c(=O)c2c(CC=C(C)C)c1OC)[C@@H](c1c(OC)c(CC=C(C)C)c(O)c2c(=O)c3c(CC=C(C)C)c(OC)c(OC)cc3oc12)[C@H](C(C)(C)O)O4. The lowest BCUT2D eigenvalue weighted by atomic mass is 9.78. The Hall–Kier alpha value is -6.60. The topological polar surface area (TPSA) is 176 Å². The van der Waals surface area contributed by atoms with Gasteiger partial charge in [0.2, 0.25) is 10.9 Å². The van der Waals surface area contributed by atoms with Gasteiger partial charge in [0.05, 0.1) is 57.8 Å². The second-order valence-corrected chi connectivity index (χ2v) is 17.4. The van der Waals surface area contributed by atoms with Gasteiger partial charge in [-0.3, -0.25) is 9.59 Å². The lowest BCUT2D eigenvalue weighted by molar-refractivity contribution is -0.0297. The monoisotopic (exact) mass is 876 g/mol. The van der Waals surface area contributed by atoms with Gasteiger partial charge in [0, 0.05) is 46.0 Å². The van der Waals surface area contributed by atoms with Crippen LogP contribution < -0.4 is 39.3 Å². The largest absolute Gasteiger partial charge is 0.507 e. The molecule has 0 saturated heterocycles. The zero-order chi connectivity index (χ0) is 46.7. The fourth-order valence-corrected chi connectivity index (χ4v) is 8.86. The first kappa shape index (κ1) is 45.4. The number of methoxy groups -OCH3 is 5. The molecule has 0 fully saturated rings. The number of aromatic hydroxyl groups is 2. The molecule has 3 heterocycles. The summed E-state index contributed by atoms with van der Waals surface area (Å²) in [4.78, 5) is 30.3. The molecule has 3 N–H and O–H groups in total. The lowest BCUT2D eigenvalue weighted by Crippen LogP contribution is -2.42. The fraction of sp³-hybridized carbons (Fsp3) is 0.373. The lowest BCUT2D eigenvalue weighted by Gasteiger charge is -2.31. The number of phenols is 2. The summed E-state index contributed by atoms with van der Waals surface area (Å²) < 4.78 is 49.1. The van der Waals surface area contributed by atoms with Crippen molar-refractivity contribution >= 4 is 43.9 Å². The highest BCUT2D eigenvalue weighted by atomic mass is 16.5. The molecular weight excluding hydrogens is 821 g/mol. The third-order valence-electron chi connectivity index (χ3n) is 11.8. The van der Waals surface area contributed by atoms with Crippen LogP contribution >= 0.6 is 0 Å². The molecule has 0 aliphatic carbocycles. The van der Waals surface area contributed by atoms with Crippen molar-refractivity contribution in [3.63, 3.8) is 0 Å². The summed E-state index contributed by atoms with van der Waals surface area (Å²) in [7, 11) is 7.37. The number of fused-ring (bicyclic) bond motifs is 5. The van der Waals surface area contributed by atoms with E-state index in [0.29, 0.717) is 40.5 Å². The zero-order valence-electron chi connectivity index (χ0n) is 38.7. The highest BCUT2D eigenvalue weighted by Crippen LogP contribution is 2.57. The van der Waals surface area contributed by atoms with Crippen molar-refractivity contribution in [3.05, 3.63) is 101 Å². The molecule has 0 radical (unpaired) electrons. The van der Waals surface area contributed by atoms with Crippen LogP contribution in [0.3, 0.4) is 0 Å². The highest BCUT2D eigenvalue weighted by molar-refractivity contribution is 6.02. The minimum atomic E-state index is -1.65. The molecule has 7 rings (SSSR count). The third-order valence-corrected chi connectivity index (χ3v) is 11.8. The summed E-state index contributed by atoms with van der Waals surface area (Å²) in [5, 5.41) is 37.0. The van der Waals surface area contributed by atoms with Gasteiger partial charge in [-0.05, 0) is 74.7 Å². The van der Waals surface area contributed by atoms with E-state index in [1.807, 2.05) is 59.8 Å². The molecule has 0 unspecified atom stereocenters. The molecule has 338 valence electrons. The van der Waals surface area contributed by atoms with Crippen molar-refractivity contribution in [3.8, 4) is 46.0 Å². The van der Waals surface area contributed by atoms with E-state index in [2.05, 4.69) is 0 Å². The van der Waals surface area contributed by atoms with E-state index in [1.54, 1.807) is 26.0 Å². The predicted molar refractivity (Wildman–Crippen MR) is 248 cm³/mol. The van der Waals surface area contributed by atoms with Gasteiger partial charge in [-0.2, -0.15) is 0 Å². The predicted octanol–water partition coefficient (Wildman–Crippen LogP) is 9.85. The Morgan fingerprint density at radius 2 is 1.05 bits per heavy atom. The molecular formula is C51H56O13. The van der Waals surface area contributed by atoms with Crippen LogP contribution in [0.2, 0.25) is 0 Å². The molecule has 0 spiro atoms. The van der Waals surface area contributed by atoms with Crippen molar-refractivity contribution in [2.75, 3.05) is 35.5 Å². The van der Waals surface area contributed by atoms with E-state index in [1.165, 1.54) is 41.6 Å². The Labute approximate surface area is 370 Å². The molecule has 1 aliphatic heterocycles. The summed E-state index contributed by atoms with van der Waals surface area (Å²) in [5.41, 5.74) is 1.94. The zero-order valence-corrected chi connectivity index (χ0v) is 38.7. The number of hydrogen-bond acceptors (Lipinski definition) is 13. The second-order valence-electron chi connectivity index (χ2n) is 17.4. The number of phenolic OH excluding ortho intramolecular Hbond substituents is 2. The molecule has 1 aliphatic rings. The normalized spacial score (nSPS) is 14.7. The van der Waals surface area contributed by atoms with Crippen LogP contribution in [-0.2, 0) is 19.3 Å². The van der Waals surface area contributed by atoms with Gasteiger partial charge in [-0.15, -0.1) is 0 Å². The van der Waals surface area contributed by atoms with E-state index >= 15 is 9.59 Å². The van der Waals surface area contributed by atoms with Gasteiger partial charge < -0.3 is 52.6 Å². The minimum absolute atomic E-state index is 0.0125. The molecule has 64 heavy (non-hydrogen) atoms. The van der Waals surface area contributed by atoms with Crippen molar-refractivity contribution in [2.24, 2.45) is 0 Å². The van der Waals surface area contributed by atoms with Crippen LogP contribution in [0.15, 0.2) is 71.6 Å². The molecule has 0 bridgehead atoms. The summed E-state index contributed by atoms with van der Waals surface area (Å²) >= 11 is 0. The van der Waals surface area contributed by atoms with Gasteiger partial charge >= 0.3 is 0 Å². The number of rotatable bonds is 13. The molecule has 13 nitrogen and oxygen atoms in total. The Morgan fingerprint density at radius 3 is 1.50 bits per heavy atom. The smallest absolute Gasteiger partial charge is 0.204 e. The average molecular weight is 877 g/mol. The van der Waals surface area contributed by atoms with E-state index in [4.69, 9.17) is 37.3 Å². The van der Waals surface area contributed by atoms with Crippen molar-refractivity contribution in [1.29, 1.82) is 0 Å². The maximum atomic E-state index is 15.3. The molecule has 6 aromatic rings. The van der Waals surface area contributed by atoms with Crippen molar-refractivity contribution < 1.29 is 52.6 Å². The molecule has 4 aromatic carbocycles. The summed E-state index contributed by atoms with van der Waals surface area (Å²) in [5.74, 6) is -0.475. The highest BCUT2D eigenvalue weighted by Gasteiger charge is 2.49. The summed E-state index contributed by atoms with van der Waals surface area (Å²) in [6.07, 6.45) is 5.28. The first-order valence-electron chi connectivity index (χ1n) is 21.0. The fourth-order valence-electron chi connectivity index (χ4n) is 8.86. The molecule has 13 heteroatoms. The van der Waals surface area contributed by atoms with Crippen LogP contribution in [0.4, 0.5) is 0 Å². The van der Waals surface area contributed by atoms with Crippen LogP contribution in [-0.4, -0.2) is 62.6 Å². The van der Waals surface area contributed by atoms with Gasteiger partial charge in [-0.25, -0.2) is 0 Å². The van der Waals surface area contributed by atoms with Crippen LogP contribution in [0, 0.1) is 0 Å². The quantitative estimate of drug-likeness (QED) is 0.0739. The van der Waals surface area contributed by atoms with Crippen molar-refractivity contribution in [1.82, 2.24) is 0 Å². The molecule has 2 aromatic heterocycles. The first-order chi connectivity index (χ1) is 30.3. The maximum absolute atomic E-state index is 15.3. The summed E-state index contributed by atoms with van der Waals surface area (Å²) in [6, 6.07) is 4.63. The van der Waals surface area contributed by atoms with Gasteiger partial charge in [0.25, 0.3) is 0 Å². The standard InChI is InChI=1S/C51H56O13/c1-23(2)14-17-26-35-29(21-33(57-9)46(26)59-11)62-32-20-31-37(45(55)38(32)43(35)53)39(50(64-31)51(7,8)56)40-48(61-13)28(19-16-25(5)6)42(52)41-44(54)36-27(18-15-24(3)4)47(60-12)34(58-10)22-30(36)63-49(40)41/h14-16,20-22,39,50,52,55-56H,17-19H2,1-13H3/t39-,50+/m0/s1. The minimum Gasteiger partial charge on any atom is -0.507 e.